The SMILES string of the molecule is Cc1nc(Cn2cc(B3OC(C)(C)C(C)(C)O3)cn2)no1. The van der Waals surface area contributed by atoms with E-state index in [4.69, 9.17) is 13.8 Å². The Morgan fingerprint density at radius 1 is 1.19 bits per heavy atom. The molecule has 0 atom stereocenters. The molecule has 0 spiro atoms. The Morgan fingerprint density at radius 2 is 1.86 bits per heavy atom. The van der Waals surface area contributed by atoms with Gasteiger partial charge in [0, 0.05) is 24.8 Å². The largest absolute Gasteiger partial charge is 0.498 e. The fraction of sp³-hybridized carbons (Fsp3) is 0.615. The zero-order chi connectivity index (χ0) is 15.3. The molecular weight excluding hydrogens is 271 g/mol. The number of rotatable bonds is 3. The lowest BCUT2D eigenvalue weighted by atomic mass is 9.82. The van der Waals surface area contributed by atoms with E-state index in [0.717, 1.165) is 5.46 Å². The Bertz CT molecular complexity index is 633. The van der Waals surface area contributed by atoms with Crippen molar-refractivity contribution in [2.75, 3.05) is 0 Å². The summed E-state index contributed by atoms with van der Waals surface area (Å²) in [6.07, 6.45) is 3.63. The molecule has 3 heterocycles. The van der Waals surface area contributed by atoms with Crippen LogP contribution in [0, 0.1) is 6.92 Å². The van der Waals surface area contributed by atoms with Crippen molar-refractivity contribution < 1.29 is 13.8 Å². The quantitative estimate of drug-likeness (QED) is 0.783. The first-order chi connectivity index (χ1) is 9.77. The van der Waals surface area contributed by atoms with E-state index >= 15 is 0 Å². The average Bonchev–Trinajstić information content (AvgIpc) is 3.01. The maximum atomic E-state index is 5.99. The Kier molecular flexibility index (Phi) is 3.18. The normalized spacial score (nSPS) is 20.1. The van der Waals surface area contributed by atoms with Gasteiger partial charge in [-0.05, 0) is 27.7 Å². The first-order valence-electron chi connectivity index (χ1n) is 6.94. The van der Waals surface area contributed by atoms with Crippen LogP contribution in [0.4, 0.5) is 0 Å². The van der Waals surface area contributed by atoms with Crippen LogP contribution in [0.1, 0.15) is 39.4 Å². The van der Waals surface area contributed by atoms with Crippen molar-refractivity contribution in [2.24, 2.45) is 0 Å². The number of hydrogen-bond acceptors (Lipinski definition) is 6. The summed E-state index contributed by atoms with van der Waals surface area (Å²) in [5.41, 5.74) is 0.170. The second kappa shape index (κ2) is 4.67. The highest BCUT2D eigenvalue weighted by Crippen LogP contribution is 2.36. The Balaban J connectivity index is 1.74. The maximum absolute atomic E-state index is 5.99. The molecule has 0 N–H and O–H groups in total. The van der Waals surface area contributed by atoms with E-state index in [-0.39, 0.29) is 11.2 Å². The molecule has 21 heavy (non-hydrogen) atoms. The number of aryl methyl sites for hydroxylation is 1. The van der Waals surface area contributed by atoms with Gasteiger partial charge in [-0.15, -0.1) is 0 Å². The van der Waals surface area contributed by atoms with E-state index in [1.54, 1.807) is 17.8 Å². The smallest absolute Gasteiger partial charge is 0.399 e. The molecule has 0 aromatic carbocycles. The summed E-state index contributed by atoms with van der Waals surface area (Å²) in [6.45, 7) is 10.3. The highest BCUT2D eigenvalue weighted by atomic mass is 16.7. The molecule has 1 fully saturated rings. The van der Waals surface area contributed by atoms with Crippen molar-refractivity contribution in [1.29, 1.82) is 0 Å². The third kappa shape index (κ3) is 2.61. The van der Waals surface area contributed by atoms with Gasteiger partial charge < -0.3 is 13.8 Å². The summed E-state index contributed by atoms with van der Waals surface area (Å²) in [5, 5.41) is 8.15. The monoisotopic (exact) mass is 290 g/mol. The highest BCUT2D eigenvalue weighted by molar-refractivity contribution is 6.61. The van der Waals surface area contributed by atoms with Crippen LogP contribution in [0.2, 0.25) is 0 Å². The van der Waals surface area contributed by atoms with Gasteiger partial charge in [-0.25, -0.2) is 0 Å². The zero-order valence-electron chi connectivity index (χ0n) is 13.0. The van der Waals surface area contributed by atoms with Gasteiger partial charge in [-0.2, -0.15) is 10.1 Å². The zero-order valence-corrected chi connectivity index (χ0v) is 13.0. The van der Waals surface area contributed by atoms with Gasteiger partial charge in [0.2, 0.25) is 5.89 Å². The second-order valence-corrected chi connectivity index (χ2v) is 6.29. The van der Waals surface area contributed by atoms with Gasteiger partial charge in [0.25, 0.3) is 0 Å². The minimum Gasteiger partial charge on any atom is -0.399 e. The fourth-order valence-corrected chi connectivity index (χ4v) is 2.12. The van der Waals surface area contributed by atoms with E-state index in [0.29, 0.717) is 18.3 Å². The van der Waals surface area contributed by atoms with Crippen LogP contribution in [0.15, 0.2) is 16.9 Å². The van der Waals surface area contributed by atoms with Gasteiger partial charge in [-0.3, -0.25) is 4.68 Å². The van der Waals surface area contributed by atoms with Crippen LogP contribution in [0.5, 0.6) is 0 Å². The summed E-state index contributed by atoms with van der Waals surface area (Å²) < 4.78 is 18.7. The van der Waals surface area contributed by atoms with Crippen molar-refractivity contribution in [2.45, 2.75) is 52.4 Å². The number of hydrogen-bond donors (Lipinski definition) is 0. The molecule has 3 rings (SSSR count). The summed E-state index contributed by atoms with van der Waals surface area (Å²) in [5.74, 6) is 1.14. The van der Waals surface area contributed by atoms with Crippen LogP contribution in [0.3, 0.4) is 0 Å². The van der Waals surface area contributed by atoms with Gasteiger partial charge in [0.15, 0.2) is 5.82 Å². The molecule has 0 unspecified atom stereocenters. The first kappa shape index (κ1) is 14.3. The standard InChI is InChI=1S/C13H19BN4O3/c1-9-16-11(17-19-9)8-18-7-10(6-15-18)14-20-12(2,3)13(4,5)21-14/h6-7H,8H2,1-5H3. The maximum Gasteiger partial charge on any atom is 0.498 e. The molecule has 7 nitrogen and oxygen atoms in total. The molecule has 0 bridgehead atoms. The Morgan fingerprint density at radius 3 is 2.43 bits per heavy atom. The average molecular weight is 290 g/mol. The number of aromatic nitrogens is 4. The molecule has 1 saturated heterocycles. The van der Waals surface area contributed by atoms with Crippen LogP contribution < -0.4 is 5.46 Å². The first-order valence-corrected chi connectivity index (χ1v) is 6.94. The summed E-state index contributed by atoms with van der Waals surface area (Å²) in [6, 6.07) is 0. The molecular formula is C13H19BN4O3. The summed E-state index contributed by atoms with van der Waals surface area (Å²) >= 11 is 0. The summed E-state index contributed by atoms with van der Waals surface area (Å²) in [7, 11) is -0.407. The van der Waals surface area contributed by atoms with Gasteiger partial charge >= 0.3 is 7.12 Å². The predicted molar refractivity (Wildman–Crippen MR) is 76.1 cm³/mol. The van der Waals surface area contributed by atoms with Crippen molar-refractivity contribution in [1.82, 2.24) is 19.9 Å². The lowest BCUT2D eigenvalue weighted by Crippen LogP contribution is -2.41. The van der Waals surface area contributed by atoms with E-state index in [1.165, 1.54) is 0 Å². The fourth-order valence-electron chi connectivity index (χ4n) is 2.12. The molecule has 8 heteroatoms. The minimum atomic E-state index is -0.407. The molecule has 0 aliphatic carbocycles. The molecule has 2 aromatic rings. The van der Waals surface area contributed by atoms with Crippen LogP contribution in [-0.4, -0.2) is 38.2 Å². The summed E-state index contributed by atoms with van der Waals surface area (Å²) in [4.78, 5) is 4.16. The van der Waals surface area contributed by atoms with Gasteiger partial charge in [0.05, 0.1) is 11.2 Å². The Labute approximate surface area is 123 Å². The molecule has 0 saturated carbocycles. The van der Waals surface area contributed by atoms with E-state index in [2.05, 4.69) is 15.2 Å². The van der Waals surface area contributed by atoms with E-state index < -0.39 is 7.12 Å². The molecule has 112 valence electrons. The lowest BCUT2D eigenvalue weighted by Gasteiger charge is -2.32. The molecule has 0 amide bonds. The van der Waals surface area contributed by atoms with Crippen molar-refractivity contribution >= 4 is 12.6 Å². The third-order valence-electron chi connectivity index (χ3n) is 4.05. The second-order valence-electron chi connectivity index (χ2n) is 6.29. The van der Waals surface area contributed by atoms with Crippen LogP contribution in [-0.2, 0) is 15.9 Å². The highest BCUT2D eigenvalue weighted by Gasteiger charge is 2.52. The minimum absolute atomic E-state index is 0.357. The topological polar surface area (TPSA) is 75.2 Å². The van der Waals surface area contributed by atoms with E-state index in [9.17, 15) is 0 Å². The van der Waals surface area contributed by atoms with Crippen molar-refractivity contribution in [3.05, 3.63) is 24.1 Å². The van der Waals surface area contributed by atoms with Gasteiger partial charge in [0.1, 0.15) is 6.54 Å². The molecule has 1 aliphatic rings. The lowest BCUT2D eigenvalue weighted by molar-refractivity contribution is 0.00578. The molecule has 1 aliphatic heterocycles. The molecule has 0 radical (unpaired) electrons. The molecule has 2 aromatic heterocycles. The predicted octanol–water partition coefficient (Wildman–Crippen LogP) is 0.922. The Hall–Kier alpha value is -1.67. The number of nitrogens with zero attached hydrogens (tertiary/aromatic N) is 4. The van der Waals surface area contributed by atoms with Crippen LogP contribution in [0.25, 0.3) is 0 Å². The van der Waals surface area contributed by atoms with Crippen molar-refractivity contribution in [3.63, 3.8) is 0 Å². The third-order valence-corrected chi connectivity index (χ3v) is 4.05. The van der Waals surface area contributed by atoms with E-state index in [1.807, 2.05) is 33.9 Å². The van der Waals surface area contributed by atoms with Gasteiger partial charge in [-0.1, -0.05) is 5.16 Å². The van der Waals surface area contributed by atoms with Crippen LogP contribution >= 0.6 is 0 Å². The van der Waals surface area contributed by atoms with Crippen molar-refractivity contribution in [3.8, 4) is 0 Å².